The highest BCUT2D eigenvalue weighted by Crippen LogP contribution is 2.26. The van der Waals surface area contributed by atoms with Crippen molar-refractivity contribution in [1.29, 1.82) is 0 Å². The number of hydrogen-bond acceptors (Lipinski definition) is 7. The second-order valence-electron chi connectivity index (χ2n) is 5.08. The van der Waals surface area contributed by atoms with Crippen molar-refractivity contribution in [1.82, 2.24) is 4.98 Å². The molecule has 138 valence electrons. The molecular formula is C18H20N2O5S. The first-order valence-electron chi connectivity index (χ1n) is 7.84. The Labute approximate surface area is 155 Å². The Hall–Kier alpha value is -2.87. The lowest BCUT2D eigenvalue weighted by Crippen LogP contribution is -2.07. The highest BCUT2D eigenvalue weighted by Gasteiger charge is 2.17. The molecule has 0 aliphatic heterocycles. The van der Waals surface area contributed by atoms with Gasteiger partial charge >= 0.3 is 5.97 Å². The number of benzene rings is 1. The molecule has 0 saturated carbocycles. The quantitative estimate of drug-likeness (QED) is 0.589. The second-order valence-corrected chi connectivity index (χ2v) is 6.08. The molecule has 0 spiro atoms. The number of thiazole rings is 1. The summed E-state index contributed by atoms with van der Waals surface area (Å²) in [7, 11) is 3.11. The van der Waals surface area contributed by atoms with Gasteiger partial charge < -0.3 is 14.2 Å². The highest BCUT2D eigenvalue weighted by atomic mass is 32.1. The molecular weight excluding hydrogens is 356 g/mol. The monoisotopic (exact) mass is 376 g/mol. The van der Waals surface area contributed by atoms with E-state index >= 15 is 0 Å². The van der Waals surface area contributed by atoms with E-state index in [0.717, 1.165) is 16.9 Å². The Kier molecular flexibility index (Phi) is 6.74. The van der Waals surface area contributed by atoms with Crippen LogP contribution in [0.4, 0.5) is 5.13 Å². The van der Waals surface area contributed by atoms with Crippen LogP contribution in [0.15, 0.2) is 24.3 Å². The molecule has 0 fully saturated rings. The van der Waals surface area contributed by atoms with Crippen LogP contribution in [0.25, 0.3) is 6.08 Å². The number of methoxy groups -OCH3 is 2. The number of rotatable bonds is 7. The number of nitrogens with zero attached hydrogens (tertiary/aromatic N) is 1. The van der Waals surface area contributed by atoms with E-state index < -0.39 is 5.97 Å². The Morgan fingerprint density at radius 3 is 2.69 bits per heavy atom. The van der Waals surface area contributed by atoms with Gasteiger partial charge in [-0.1, -0.05) is 11.3 Å². The van der Waals surface area contributed by atoms with Gasteiger partial charge in [0, 0.05) is 17.7 Å². The zero-order valence-electron chi connectivity index (χ0n) is 15.0. The van der Waals surface area contributed by atoms with Crippen LogP contribution in [0.1, 0.15) is 27.9 Å². The van der Waals surface area contributed by atoms with Crippen molar-refractivity contribution < 1.29 is 23.8 Å². The van der Waals surface area contributed by atoms with E-state index in [-0.39, 0.29) is 12.5 Å². The topological polar surface area (TPSA) is 86.8 Å². The first kappa shape index (κ1) is 19.5. The van der Waals surface area contributed by atoms with Crippen LogP contribution < -0.4 is 14.8 Å². The Morgan fingerprint density at radius 1 is 1.27 bits per heavy atom. The summed E-state index contributed by atoms with van der Waals surface area (Å²) in [6.45, 7) is 3.70. The molecule has 26 heavy (non-hydrogen) atoms. The lowest BCUT2D eigenvalue weighted by Gasteiger charge is -2.07. The van der Waals surface area contributed by atoms with Crippen LogP contribution in [-0.4, -0.2) is 37.7 Å². The number of nitrogens with one attached hydrogen (secondary N) is 1. The Bertz CT molecular complexity index is 829. The standard InChI is InChI=1S/C18H20N2O5S/c1-5-25-17(22)16-11(2)19-18(26-16)20-15(21)9-7-12-6-8-13(23-3)10-14(12)24-4/h6-10H,5H2,1-4H3,(H,19,20,21). The first-order valence-corrected chi connectivity index (χ1v) is 8.65. The number of aromatic nitrogens is 1. The van der Waals surface area contributed by atoms with Gasteiger partial charge in [0.25, 0.3) is 0 Å². The smallest absolute Gasteiger partial charge is 0.350 e. The summed E-state index contributed by atoms with van der Waals surface area (Å²) in [6, 6.07) is 5.29. The Balaban J connectivity index is 2.08. The van der Waals surface area contributed by atoms with Crippen molar-refractivity contribution in [2.45, 2.75) is 13.8 Å². The fourth-order valence-corrected chi connectivity index (χ4v) is 2.97. The van der Waals surface area contributed by atoms with Gasteiger partial charge in [0.1, 0.15) is 16.4 Å². The molecule has 0 aliphatic carbocycles. The van der Waals surface area contributed by atoms with Gasteiger partial charge in [0.2, 0.25) is 5.91 Å². The summed E-state index contributed by atoms with van der Waals surface area (Å²) in [5, 5.41) is 2.97. The third-order valence-electron chi connectivity index (χ3n) is 3.34. The minimum absolute atomic E-state index is 0.282. The summed E-state index contributed by atoms with van der Waals surface area (Å²) in [4.78, 5) is 28.5. The molecule has 1 N–H and O–H groups in total. The van der Waals surface area contributed by atoms with Gasteiger partial charge in [0.05, 0.1) is 26.5 Å². The molecule has 1 heterocycles. The lowest BCUT2D eigenvalue weighted by atomic mass is 10.1. The summed E-state index contributed by atoms with van der Waals surface area (Å²) >= 11 is 1.08. The number of aryl methyl sites for hydroxylation is 1. The molecule has 1 aromatic heterocycles. The van der Waals surface area contributed by atoms with Crippen LogP contribution in [-0.2, 0) is 9.53 Å². The zero-order chi connectivity index (χ0) is 19.1. The molecule has 2 rings (SSSR count). The van der Waals surface area contributed by atoms with E-state index in [0.29, 0.717) is 27.2 Å². The third kappa shape index (κ3) is 4.82. The van der Waals surface area contributed by atoms with E-state index in [2.05, 4.69) is 10.3 Å². The second kappa shape index (κ2) is 9.00. The van der Waals surface area contributed by atoms with E-state index in [1.165, 1.54) is 6.08 Å². The van der Waals surface area contributed by atoms with Crippen LogP contribution in [0.2, 0.25) is 0 Å². The maximum atomic E-state index is 12.1. The number of hydrogen-bond donors (Lipinski definition) is 1. The van der Waals surface area contributed by atoms with Gasteiger partial charge in [0.15, 0.2) is 5.13 Å². The van der Waals surface area contributed by atoms with Gasteiger partial charge in [-0.2, -0.15) is 0 Å². The number of ether oxygens (including phenoxy) is 3. The molecule has 0 bridgehead atoms. The van der Waals surface area contributed by atoms with Crippen molar-refractivity contribution in [3.8, 4) is 11.5 Å². The van der Waals surface area contributed by atoms with E-state index in [4.69, 9.17) is 14.2 Å². The number of esters is 1. The molecule has 0 radical (unpaired) electrons. The molecule has 0 saturated heterocycles. The number of carbonyl (C=O) groups is 2. The van der Waals surface area contributed by atoms with Gasteiger partial charge in [-0.15, -0.1) is 0 Å². The van der Waals surface area contributed by atoms with Gasteiger partial charge in [-0.3, -0.25) is 10.1 Å². The van der Waals surface area contributed by atoms with Crippen molar-refractivity contribution in [3.63, 3.8) is 0 Å². The van der Waals surface area contributed by atoms with Crippen molar-refractivity contribution in [3.05, 3.63) is 40.4 Å². The van der Waals surface area contributed by atoms with Crippen molar-refractivity contribution in [2.75, 3.05) is 26.1 Å². The molecule has 1 amide bonds. The minimum Gasteiger partial charge on any atom is -0.497 e. The summed E-state index contributed by atoms with van der Waals surface area (Å²) in [5.74, 6) is 0.435. The number of carbonyl (C=O) groups excluding carboxylic acids is 2. The zero-order valence-corrected chi connectivity index (χ0v) is 15.8. The average molecular weight is 376 g/mol. The fraction of sp³-hybridized carbons (Fsp3) is 0.278. The van der Waals surface area contributed by atoms with Crippen LogP contribution >= 0.6 is 11.3 Å². The SMILES string of the molecule is CCOC(=O)c1sc(NC(=O)C=Cc2ccc(OC)cc2OC)nc1C. The lowest BCUT2D eigenvalue weighted by molar-refractivity contribution is -0.111. The molecule has 2 aromatic rings. The number of anilines is 1. The summed E-state index contributed by atoms with van der Waals surface area (Å²) < 4.78 is 15.4. The predicted molar refractivity (Wildman–Crippen MR) is 100 cm³/mol. The van der Waals surface area contributed by atoms with Gasteiger partial charge in [-0.05, 0) is 32.1 Å². The van der Waals surface area contributed by atoms with Crippen LogP contribution in [0.3, 0.4) is 0 Å². The summed E-state index contributed by atoms with van der Waals surface area (Å²) in [5.41, 5.74) is 1.25. The Morgan fingerprint density at radius 2 is 2.04 bits per heavy atom. The van der Waals surface area contributed by atoms with Crippen molar-refractivity contribution in [2.24, 2.45) is 0 Å². The molecule has 0 atom stereocenters. The average Bonchev–Trinajstić information content (AvgIpc) is 3.00. The summed E-state index contributed by atoms with van der Waals surface area (Å²) in [6.07, 6.45) is 2.99. The van der Waals surface area contributed by atoms with E-state index in [1.54, 1.807) is 52.3 Å². The van der Waals surface area contributed by atoms with Crippen molar-refractivity contribution >= 4 is 34.4 Å². The maximum Gasteiger partial charge on any atom is 0.350 e. The fourth-order valence-electron chi connectivity index (χ4n) is 2.10. The highest BCUT2D eigenvalue weighted by molar-refractivity contribution is 7.17. The van der Waals surface area contributed by atoms with Crippen LogP contribution in [0.5, 0.6) is 11.5 Å². The number of amides is 1. The first-order chi connectivity index (χ1) is 12.5. The normalized spacial score (nSPS) is 10.6. The molecule has 0 unspecified atom stereocenters. The largest absolute Gasteiger partial charge is 0.497 e. The molecule has 0 aliphatic rings. The maximum absolute atomic E-state index is 12.1. The molecule has 7 nitrogen and oxygen atoms in total. The predicted octanol–water partition coefficient (Wildman–Crippen LogP) is 3.30. The van der Waals surface area contributed by atoms with E-state index in [9.17, 15) is 9.59 Å². The minimum atomic E-state index is -0.443. The van der Waals surface area contributed by atoms with Crippen LogP contribution in [0, 0.1) is 6.92 Å². The van der Waals surface area contributed by atoms with Gasteiger partial charge in [-0.25, -0.2) is 9.78 Å². The molecule has 1 aromatic carbocycles. The molecule has 8 heteroatoms. The van der Waals surface area contributed by atoms with E-state index in [1.807, 2.05) is 0 Å². The third-order valence-corrected chi connectivity index (χ3v) is 4.40.